The molecule has 17 heavy (non-hydrogen) atoms. The molecule has 0 radical (unpaired) electrons. The molecule has 6 heteroatoms. The second-order valence-corrected chi connectivity index (χ2v) is 4.90. The van der Waals surface area contributed by atoms with Gasteiger partial charge in [0.25, 0.3) is 0 Å². The van der Waals surface area contributed by atoms with E-state index in [0.717, 1.165) is 0 Å². The van der Waals surface area contributed by atoms with Gasteiger partial charge in [0.15, 0.2) is 0 Å². The summed E-state index contributed by atoms with van der Waals surface area (Å²) in [6, 6.07) is 3.03. The standard InChI is InChI=1S/C11H15BrN2O3/c1-14(2)5-9(15)6-3-7(11(16)17)10(13)8(12)4-6/h3-4,9,15H,5,13H2,1-2H3,(H,16,17). The molecule has 0 fully saturated rings. The van der Waals surface area contributed by atoms with E-state index >= 15 is 0 Å². The van der Waals surface area contributed by atoms with Crippen LogP contribution >= 0.6 is 15.9 Å². The van der Waals surface area contributed by atoms with Gasteiger partial charge in [-0.25, -0.2) is 4.79 Å². The van der Waals surface area contributed by atoms with Crippen molar-refractivity contribution in [2.24, 2.45) is 0 Å². The Balaban J connectivity index is 3.14. The van der Waals surface area contributed by atoms with Gasteiger partial charge < -0.3 is 20.8 Å². The molecule has 1 atom stereocenters. The molecule has 1 aromatic rings. The summed E-state index contributed by atoms with van der Waals surface area (Å²) in [5.74, 6) is -1.11. The highest BCUT2D eigenvalue weighted by Gasteiger charge is 2.16. The molecule has 1 unspecified atom stereocenters. The van der Waals surface area contributed by atoms with Crippen LogP contribution in [0.1, 0.15) is 22.0 Å². The van der Waals surface area contributed by atoms with Crippen molar-refractivity contribution in [3.63, 3.8) is 0 Å². The Morgan fingerprint density at radius 3 is 2.59 bits per heavy atom. The predicted molar refractivity (Wildman–Crippen MR) is 69.0 cm³/mol. The summed E-state index contributed by atoms with van der Waals surface area (Å²) in [6.45, 7) is 0.412. The number of nitrogen functional groups attached to an aromatic ring is 1. The molecule has 1 aromatic carbocycles. The zero-order valence-corrected chi connectivity index (χ0v) is 11.2. The minimum atomic E-state index is -1.11. The summed E-state index contributed by atoms with van der Waals surface area (Å²) in [5.41, 5.74) is 6.32. The molecule has 94 valence electrons. The van der Waals surface area contributed by atoms with E-state index in [0.29, 0.717) is 16.6 Å². The van der Waals surface area contributed by atoms with Gasteiger partial charge >= 0.3 is 5.97 Å². The van der Waals surface area contributed by atoms with Crippen LogP contribution < -0.4 is 5.73 Å². The van der Waals surface area contributed by atoms with Crippen LogP contribution in [0.15, 0.2) is 16.6 Å². The van der Waals surface area contributed by atoms with Gasteiger partial charge in [-0.3, -0.25) is 0 Å². The quantitative estimate of drug-likeness (QED) is 0.730. The molecule has 0 heterocycles. The molecule has 5 nitrogen and oxygen atoms in total. The van der Waals surface area contributed by atoms with Crippen molar-refractivity contribution >= 4 is 27.6 Å². The fourth-order valence-electron chi connectivity index (χ4n) is 1.46. The van der Waals surface area contributed by atoms with Crippen molar-refractivity contribution in [2.75, 3.05) is 26.4 Å². The van der Waals surface area contributed by atoms with Crippen molar-refractivity contribution in [2.45, 2.75) is 6.10 Å². The second kappa shape index (κ2) is 5.48. The number of likely N-dealkylation sites (N-methyl/N-ethyl adjacent to an activating group) is 1. The molecule has 0 aliphatic rings. The zero-order chi connectivity index (χ0) is 13.2. The first-order valence-electron chi connectivity index (χ1n) is 4.98. The fraction of sp³-hybridized carbons (Fsp3) is 0.364. The number of rotatable bonds is 4. The molecule has 1 rings (SSSR count). The third kappa shape index (κ3) is 3.42. The van der Waals surface area contributed by atoms with Crippen molar-refractivity contribution in [1.29, 1.82) is 0 Å². The van der Waals surface area contributed by atoms with Gasteiger partial charge in [-0.15, -0.1) is 0 Å². The molecular formula is C11H15BrN2O3. The first-order chi connectivity index (χ1) is 7.82. The van der Waals surface area contributed by atoms with Gasteiger partial charge in [0.2, 0.25) is 0 Å². The van der Waals surface area contributed by atoms with Gasteiger partial charge in [0.05, 0.1) is 17.4 Å². The van der Waals surface area contributed by atoms with Crippen LogP contribution in [-0.4, -0.2) is 41.7 Å². The molecule has 0 aliphatic heterocycles. The van der Waals surface area contributed by atoms with Gasteiger partial charge in [-0.05, 0) is 47.7 Å². The number of hydrogen-bond acceptors (Lipinski definition) is 4. The number of nitrogens with zero attached hydrogens (tertiary/aromatic N) is 1. The van der Waals surface area contributed by atoms with E-state index in [-0.39, 0.29) is 11.3 Å². The summed E-state index contributed by atoms with van der Waals surface area (Å²) >= 11 is 3.19. The molecule has 0 saturated heterocycles. The molecule has 4 N–H and O–H groups in total. The lowest BCUT2D eigenvalue weighted by atomic mass is 10.0. The van der Waals surface area contributed by atoms with Crippen LogP contribution in [0.2, 0.25) is 0 Å². The molecule has 0 saturated carbocycles. The highest BCUT2D eigenvalue weighted by atomic mass is 79.9. The first kappa shape index (κ1) is 14.0. The molecular weight excluding hydrogens is 288 g/mol. The summed E-state index contributed by atoms with van der Waals surface area (Å²) in [5, 5.41) is 18.9. The lowest BCUT2D eigenvalue weighted by molar-refractivity contribution is 0.0697. The third-order valence-electron chi connectivity index (χ3n) is 2.31. The Kier molecular flexibility index (Phi) is 4.50. The number of benzene rings is 1. The van der Waals surface area contributed by atoms with Crippen molar-refractivity contribution < 1.29 is 15.0 Å². The summed E-state index contributed by atoms with van der Waals surface area (Å²) in [6.07, 6.45) is -0.750. The second-order valence-electron chi connectivity index (χ2n) is 4.05. The Labute approximate surface area is 108 Å². The number of aliphatic hydroxyl groups is 1. The number of hydrogen-bond donors (Lipinski definition) is 3. The minimum absolute atomic E-state index is 0.00724. The lowest BCUT2D eigenvalue weighted by Gasteiger charge is -2.17. The van der Waals surface area contributed by atoms with E-state index in [2.05, 4.69) is 15.9 Å². The van der Waals surface area contributed by atoms with E-state index in [1.807, 2.05) is 19.0 Å². The van der Waals surface area contributed by atoms with E-state index in [9.17, 15) is 9.90 Å². The maximum atomic E-state index is 11.0. The Hall–Kier alpha value is -1.11. The Morgan fingerprint density at radius 1 is 1.53 bits per heavy atom. The summed E-state index contributed by atoms with van der Waals surface area (Å²) < 4.78 is 0.477. The molecule has 0 aliphatic carbocycles. The number of halogens is 1. The monoisotopic (exact) mass is 302 g/mol. The highest BCUT2D eigenvalue weighted by molar-refractivity contribution is 9.10. The summed E-state index contributed by atoms with van der Waals surface area (Å²) in [7, 11) is 3.65. The fourth-order valence-corrected chi connectivity index (χ4v) is 1.94. The predicted octanol–water partition coefficient (Wildman–Crippen LogP) is 1.32. The average molecular weight is 303 g/mol. The number of aliphatic hydroxyl groups excluding tert-OH is 1. The topological polar surface area (TPSA) is 86.8 Å². The first-order valence-corrected chi connectivity index (χ1v) is 5.77. The van der Waals surface area contributed by atoms with Crippen molar-refractivity contribution in [3.05, 3.63) is 27.7 Å². The normalized spacial score (nSPS) is 12.8. The van der Waals surface area contributed by atoms with Crippen LogP contribution in [0.5, 0.6) is 0 Å². The maximum Gasteiger partial charge on any atom is 0.337 e. The summed E-state index contributed by atoms with van der Waals surface area (Å²) in [4.78, 5) is 12.8. The number of anilines is 1. The number of aromatic carboxylic acids is 1. The Bertz CT molecular complexity index is 435. The van der Waals surface area contributed by atoms with Crippen LogP contribution in [0.3, 0.4) is 0 Å². The van der Waals surface area contributed by atoms with Crippen LogP contribution in [0.4, 0.5) is 5.69 Å². The van der Waals surface area contributed by atoms with Crippen LogP contribution in [0, 0.1) is 0 Å². The molecule has 0 bridgehead atoms. The largest absolute Gasteiger partial charge is 0.478 e. The third-order valence-corrected chi connectivity index (χ3v) is 2.96. The number of carboxylic acid groups (broad SMARTS) is 1. The Morgan fingerprint density at radius 2 is 2.12 bits per heavy atom. The van der Waals surface area contributed by atoms with E-state index in [1.54, 1.807) is 6.07 Å². The highest BCUT2D eigenvalue weighted by Crippen LogP contribution is 2.28. The van der Waals surface area contributed by atoms with Gasteiger partial charge in [-0.2, -0.15) is 0 Å². The van der Waals surface area contributed by atoms with Crippen LogP contribution in [0.25, 0.3) is 0 Å². The number of carbonyl (C=O) groups is 1. The molecule has 0 aromatic heterocycles. The molecule has 0 amide bonds. The van der Waals surface area contributed by atoms with E-state index in [4.69, 9.17) is 10.8 Å². The smallest absolute Gasteiger partial charge is 0.337 e. The lowest BCUT2D eigenvalue weighted by Crippen LogP contribution is -2.20. The van der Waals surface area contributed by atoms with Gasteiger partial charge in [0, 0.05) is 11.0 Å². The van der Waals surface area contributed by atoms with Gasteiger partial charge in [0.1, 0.15) is 0 Å². The van der Waals surface area contributed by atoms with Gasteiger partial charge in [-0.1, -0.05) is 0 Å². The SMILES string of the molecule is CN(C)CC(O)c1cc(Br)c(N)c(C(=O)O)c1. The van der Waals surface area contributed by atoms with Crippen LogP contribution in [-0.2, 0) is 0 Å². The van der Waals surface area contributed by atoms with E-state index < -0.39 is 12.1 Å². The number of carboxylic acids is 1. The average Bonchev–Trinajstić information content (AvgIpc) is 2.20. The van der Waals surface area contributed by atoms with Crippen molar-refractivity contribution in [3.8, 4) is 0 Å². The van der Waals surface area contributed by atoms with Crippen molar-refractivity contribution in [1.82, 2.24) is 4.90 Å². The molecule has 0 spiro atoms. The van der Waals surface area contributed by atoms with E-state index in [1.165, 1.54) is 6.07 Å². The zero-order valence-electron chi connectivity index (χ0n) is 9.64. The maximum absolute atomic E-state index is 11.0. The number of nitrogens with two attached hydrogens (primary N) is 1. The minimum Gasteiger partial charge on any atom is -0.478 e.